The van der Waals surface area contributed by atoms with Crippen LogP contribution < -0.4 is 4.90 Å². The van der Waals surface area contributed by atoms with Crippen molar-refractivity contribution in [3.05, 3.63) is 60.4 Å². The standard InChI is InChI=1S/C22H25FN6O/c1-27(2)22-24-13-19(16-6-3-8-18(23)12-16)21(26-22)17-7-4-10-28(14-17)20(30)15-29-11-5-9-25-29/h3,5-6,8-9,11-13,17H,4,7,10,14-15H2,1-2H3. The number of piperidine rings is 1. The lowest BCUT2D eigenvalue weighted by atomic mass is 9.90. The Morgan fingerprint density at radius 1 is 1.30 bits per heavy atom. The molecular formula is C22H25FN6O. The molecule has 0 bridgehead atoms. The van der Waals surface area contributed by atoms with Crippen LogP contribution in [0.1, 0.15) is 24.5 Å². The maximum absolute atomic E-state index is 13.9. The molecule has 1 fully saturated rings. The first-order valence-electron chi connectivity index (χ1n) is 10.1. The Labute approximate surface area is 175 Å². The number of carbonyl (C=O) groups is 1. The van der Waals surface area contributed by atoms with Gasteiger partial charge in [0.05, 0.1) is 5.69 Å². The highest BCUT2D eigenvalue weighted by Crippen LogP contribution is 2.34. The zero-order valence-corrected chi connectivity index (χ0v) is 17.2. The van der Waals surface area contributed by atoms with E-state index in [1.165, 1.54) is 12.1 Å². The second kappa shape index (κ2) is 8.61. The largest absolute Gasteiger partial charge is 0.347 e. The molecule has 0 spiro atoms. The fourth-order valence-electron chi connectivity index (χ4n) is 3.85. The molecule has 8 heteroatoms. The van der Waals surface area contributed by atoms with Crippen molar-refractivity contribution in [2.24, 2.45) is 0 Å². The van der Waals surface area contributed by atoms with E-state index in [1.54, 1.807) is 35.4 Å². The number of halogens is 1. The van der Waals surface area contributed by atoms with Gasteiger partial charge in [0, 0.05) is 57.3 Å². The summed E-state index contributed by atoms with van der Waals surface area (Å²) in [6, 6.07) is 8.29. The summed E-state index contributed by atoms with van der Waals surface area (Å²) in [5, 5.41) is 4.13. The number of rotatable bonds is 5. The Morgan fingerprint density at radius 2 is 2.17 bits per heavy atom. The first-order valence-corrected chi connectivity index (χ1v) is 10.1. The third-order valence-corrected chi connectivity index (χ3v) is 5.36. The molecule has 30 heavy (non-hydrogen) atoms. The topological polar surface area (TPSA) is 67.2 Å². The normalized spacial score (nSPS) is 16.5. The van der Waals surface area contributed by atoms with Crippen molar-refractivity contribution in [3.63, 3.8) is 0 Å². The molecule has 0 aliphatic carbocycles. The Morgan fingerprint density at radius 3 is 2.90 bits per heavy atom. The number of amides is 1. The first kappa shape index (κ1) is 20.0. The zero-order valence-electron chi connectivity index (χ0n) is 17.2. The summed E-state index contributed by atoms with van der Waals surface area (Å²) in [5.74, 6) is 0.401. The van der Waals surface area contributed by atoms with Gasteiger partial charge in [-0.2, -0.15) is 5.10 Å². The summed E-state index contributed by atoms with van der Waals surface area (Å²) in [4.78, 5) is 25.8. The third-order valence-electron chi connectivity index (χ3n) is 5.36. The van der Waals surface area contributed by atoms with E-state index in [1.807, 2.05) is 30.0 Å². The molecular weight excluding hydrogens is 383 g/mol. The minimum Gasteiger partial charge on any atom is -0.347 e. The van der Waals surface area contributed by atoms with Crippen LogP contribution in [0.25, 0.3) is 11.1 Å². The van der Waals surface area contributed by atoms with Crippen molar-refractivity contribution >= 4 is 11.9 Å². The van der Waals surface area contributed by atoms with Gasteiger partial charge in [-0.25, -0.2) is 14.4 Å². The van der Waals surface area contributed by atoms with E-state index in [-0.39, 0.29) is 24.2 Å². The van der Waals surface area contributed by atoms with Crippen molar-refractivity contribution in [2.75, 3.05) is 32.1 Å². The van der Waals surface area contributed by atoms with E-state index in [0.717, 1.165) is 36.2 Å². The molecule has 1 aliphatic heterocycles. The molecule has 156 valence electrons. The van der Waals surface area contributed by atoms with Gasteiger partial charge in [-0.3, -0.25) is 9.48 Å². The van der Waals surface area contributed by atoms with Crippen LogP contribution in [0.5, 0.6) is 0 Å². The van der Waals surface area contributed by atoms with Gasteiger partial charge in [-0.05, 0) is 36.6 Å². The Kier molecular flexibility index (Phi) is 5.74. The van der Waals surface area contributed by atoms with E-state index >= 15 is 0 Å². The van der Waals surface area contributed by atoms with Gasteiger partial charge in [0.1, 0.15) is 12.4 Å². The molecule has 1 unspecified atom stereocenters. The van der Waals surface area contributed by atoms with Crippen LogP contribution in [0.15, 0.2) is 48.9 Å². The van der Waals surface area contributed by atoms with Crippen LogP contribution in [0, 0.1) is 5.82 Å². The quantitative estimate of drug-likeness (QED) is 0.649. The number of anilines is 1. The summed E-state index contributed by atoms with van der Waals surface area (Å²) in [6.45, 7) is 1.52. The maximum Gasteiger partial charge on any atom is 0.244 e. The van der Waals surface area contributed by atoms with Crippen molar-refractivity contribution < 1.29 is 9.18 Å². The van der Waals surface area contributed by atoms with Crippen molar-refractivity contribution in [3.8, 4) is 11.1 Å². The third kappa shape index (κ3) is 4.32. The fourth-order valence-corrected chi connectivity index (χ4v) is 3.85. The Balaban J connectivity index is 1.64. The van der Waals surface area contributed by atoms with E-state index in [9.17, 15) is 9.18 Å². The van der Waals surface area contributed by atoms with Crippen LogP contribution >= 0.6 is 0 Å². The van der Waals surface area contributed by atoms with E-state index in [2.05, 4.69) is 10.1 Å². The number of aromatic nitrogens is 4. The van der Waals surface area contributed by atoms with Gasteiger partial charge in [0.25, 0.3) is 0 Å². The minimum absolute atomic E-state index is 0.0394. The summed E-state index contributed by atoms with van der Waals surface area (Å²) in [7, 11) is 3.78. The molecule has 0 radical (unpaired) electrons. The highest BCUT2D eigenvalue weighted by molar-refractivity contribution is 5.76. The SMILES string of the molecule is CN(C)c1ncc(-c2cccc(F)c2)c(C2CCCN(C(=O)Cn3cccn3)C2)n1. The van der Waals surface area contributed by atoms with Crippen molar-refractivity contribution in [1.82, 2.24) is 24.6 Å². The smallest absolute Gasteiger partial charge is 0.244 e. The number of benzene rings is 1. The second-order valence-electron chi connectivity index (χ2n) is 7.76. The van der Waals surface area contributed by atoms with Crippen molar-refractivity contribution in [2.45, 2.75) is 25.3 Å². The second-order valence-corrected chi connectivity index (χ2v) is 7.76. The molecule has 1 amide bonds. The number of likely N-dealkylation sites (tertiary alicyclic amines) is 1. The predicted octanol–water partition coefficient (Wildman–Crippen LogP) is 2.95. The highest BCUT2D eigenvalue weighted by Gasteiger charge is 2.28. The molecule has 2 aromatic heterocycles. The lowest BCUT2D eigenvalue weighted by Gasteiger charge is -2.33. The predicted molar refractivity (Wildman–Crippen MR) is 113 cm³/mol. The maximum atomic E-state index is 13.9. The molecule has 3 heterocycles. The molecule has 3 aromatic rings. The monoisotopic (exact) mass is 408 g/mol. The molecule has 0 N–H and O–H groups in total. The molecule has 1 saturated heterocycles. The van der Waals surface area contributed by atoms with Crippen LogP contribution in [0.3, 0.4) is 0 Å². The lowest BCUT2D eigenvalue weighted by molar-refractivity contribution is -0.133. The van der Waals surface area contributed by atoms with Gasteiger partial charge in [-0.1, -0.05) is 12.1 Å². The number of hydrogen-bond donors (Lipinski definition) is 0. The average Bonchev–Trinajstić information content (AvgIpc) is 3.26. The number of carbonyl (C=O) groups excluding carboxylic acids is 1. The van der Waals surface area contributed by atoms with Gasteiger partial charge in [-0.15, -0.1) is 0 Å². The van der Waals surface area contributed by atoms with E-state index in [0.29, 0.717) is 12.5 Å². The van der Waals surface area contributed by atoms with E-state index in [4.69, 9.17) is 4.98 Å². The molecule has 1 atom stereocenters. The van der Waals surface area contributed by atoms with Crippen molar-refractivity contribution in [1.29, 1.82) is 0 Å². The van der Waals surface area contributed by atoms with Gasteiger partial charge in [0.15, 0.2) is 0 Å². The Hall–Kier alpha value is -3.29. The minimum atomic E-state index is -0.296. The summed E-state index contributed by atoms with van der Waals surface area (Å²) >= 11 is 0. The van der Waals surface area contributed by atoms with Gasteiger partial charge >= 0.3 is 0 Å². The zero-order chi connectivity index (χ0) is 21.1. The number of hydrogen-bond acceptors (Lipinski definition) is 5. The van der Waals surface area contributed by atoms with Gasteiger partial charge in [0.2, 0.25) is 11.9 Å². The molecule has 1 aromatic carbocycles. The molecule has 1 aliphatic rings. The van der Waals surface area contributed by atoms with Crippen LogP contribution in [0.4, 0.5) is 10.3 Å². The van der Waals surface area contributed by atoms with Gasteiger partial charge < -0.3 is 9.80 Å². The molecule has 7 nitrogen and oxygen atoms in total. The number of nitrogens with zero attached hydrogens (tertiary/aromatic N) is 6. The van der Waals surface area contributed by atoms with Crippen LogP contribution in [-0.4, -0.2) is 57.7 Å². The molecule has 0 saturated carbocycles. The molecule has 4 rings (SSSR count). The van der Waals surface area contributed by atoms with Crippen LogP contribution in [-0.2, 0) is 11.3 Å². The summed E-state index contributed by atoms with van der Waals surface area (Å²) in [6.07, 6.45) is 7.02. The Bertz CT molecular complexity index is 1020. The van der Waals surface area contributed by atoms with E-state index < -0.39 is 0 Å². The summed E-state index contributed by atoms with van der Waals surface area (Å²) in [5.41, 5.74) is 2.41. The highest BCUT2D eigenvalue weighted by atomic mass is 19.1. The fraction of sp³-hybridized carbons (Fsp3) is 0.364. The average molecular weight is 408 g/mol. The summed E-state index contributed by atoms with van der Waals surface area (Å²) < 4.78 is 15.5. The van der Waals surface area contributed by atoms with Crippen LogP contribution in [0.2, 0.25) is 0 Å². The lowest BCUT2D eigenvalue weighted by Crippen LogP contribution is -2.41. The first-order chi connectivity index (χ1) is 14.5.